The summed E-state index contributed by atoms with van der Waals surface area (Å²) in [6.07, 6.45) is 0. The number of carbonyl (C=O) groups excluding carboxylic acids is 1. The Morgan fingerprint density at radius 3 is 2.25 bits per heavy atom. The van der Waals surface area contributed by atoms with Gasteiger partial charge in [0.15, 0.2) is 9.84 Å². The average Bonchev–Trinajstić information content (AvgIpc) is 2.54. The van der Waals surface area contributed by atoms with Crippen LogP contribution in [0.3, 0.4) is 0 Å². The van der Waals surface area contributed by atoms with Gasteiger partial charge in [-0.2, -0.15) is 0 Å². The van der Waals surface area contributed by atoms with Crippen LogP contribution in [0.15, 0.2) is 47.4 Å². The molecule has 6 heteroatoms. The molecule has 0 bridgehead atoms. The molecule has 5 nitrogen and oxygen atoms in total. The Balaban J connectivity index is 2.19. The Labute approximate surface area is 143 Å². The van der Waals surface area contributed by atoms with E-state index in [9.17, 15) is 13.2 Å². The van der Waals surface area contributed by atoms with Crippen molar-refractivity contribution in [2.24, 2.45) is 0 Å². The van der Waals surface area contributed by atoms with Crippen LogP contribution < -0.4 is 5.32 Å². The van der Waals surface area contributed by atoms with E-state index >= 15 is 0 Å². The van der Waals surface area contributed by atoms with Crippen molar-refractivity contribution in [3.63, 3.8) is 0 Å². The number of amides is 1. The SMILES string of the molecule is CCS(=O)(=O)c1ccc(C(=O)Nc2cccc(C(C)(C)C)n2)cc1. The minimum atomic E-state index is -3.27. The molecule has 0 atom stereocenters. The summed E-state index contributed by atoms with van der Waals surface area (Å²) < 4.78 is 23.6. The maximum atomic E-state index is 12.3. The Morgan fingerprint density at radius 1 is 1.08 bits per heavy atom. The third kappa shape index (κ3) is 4.20. The summed E-state index contributed by atoms with van der Waals surface area (Å²) in [5.41, 5.74) is 1.15. The largest absolute Gasteiger partial charge is 0.307 e. The first kappa shape index (κ1) is 18.1. The van der Waals surface area contributed by atoms with Gasteiger partial charge < -0.3 is 5.32 Å². The molecular weight excluding hydrogens is 324 g/mol. The van der Waals surface area contributed by atoms with Gasteiger partial charge in [-0.3, -0.25) is 4.79 Å². The summed E-state index contributed by atoms with van der Waals surface area (Å²) in [5.74, 6) is 0.175. The van der Waals surface area contributed by atoms with Crippen LogP contribution in [0.2, 0.25) is 0 Å². The molecule has 0 aliphatic heterocycles. The molecule has 1 heterocycles. The second-order valence-electron chi connectivity index (χ2n) is 6.54. The lowest BCUT2D eigenvalue weighted by molar-refractivity contribution is 0.102. The predicted molar refractivity (Wildman–Crippen MR) is 95.1 cm³/mol. The second-order valence-corrected chi connectivity index (χ2v) is 8.82. The maximum Gasteiger partial charge on any atom is 0.256 e. The monoisotopic (exact) mass is 346 g/mol. The topological polar surface area (TPSA) is 76.1 Å². The summed E-state index contributed by atoms with van der Waals surface area (Å²) in [7, 11) is -3.27. The number of sulfone groups is 1. The molecule has 0 radical (unpaired) electrons. The lowest BCUT2D eigenvalue weighted by atomic mass is 9.92. The quantitative estimate of drug-likeness (QED) is 0.920. The molecule has 1 aromatic carbocycles. The number of hydrogen-bond acceptors (Lipinski definition) is 4. The van der Waals surface area contributed by atoms with Gasteiger partial charge in [0.2, 0.25) is 0 Å². The van der Waals surface area contributed by atoms with Crippen LogP contribution in [0.25, 0.3) is 0 Å². The molecule has 0 saturated heterocycles. The molecule has 24 heavy (non-hydrogen) atoms. The van der Waals surface area contributed by atoms with E-state index in [1.165, 1.54) is 24.3 Å². The lowest BCUT2D eigenvalue weighted by Crippen LogP contribution is -2.17. The molecule has 2 aromatic rings. The van der Waals surface area contributed by atoms with E-state index in [0.717, 1.165) is 5.69 Å². The van der Waals surface area contributed by atoms with Crippen LogP contribution in [0.4, 0.5) is 5.82 Å². The van der Waals surface area contributed by atoms with Crippen molar-refractivity contribution in [2.75, 3.05) is 11.1 Å². The van der Waals surface area contributed by atoms with Crippen LogP contribution in [0.5, 0.6) is 0 Å². The predicted octanol–water partition coefficient (Wildman–Crippen LogP) is 3.43. The Morgan fingerprint density at radius 2 is 1.71 bits per heavy atom. The van der Waals surface area contributed by atoms with Crippen LogP contribution in [-0.4, -0.2) is 25.1 Å². The fourth-order valence-corrected chi connectivity index (χ4v) is 2.97. The van der Waals surface area contributed by atoms with Crippen molar-refractivity contribution in [2.45, 2.75) is 38.0 Å². The number of anilines is 1. The number of nitrogens with one attached hydrogen (secondary N) is 1. The van der Waals surface area contributed by atoms with Crippen molar-refractivity contribution >= 4 is 21.6 Å². The summed E-state index contributed by atoms with van der Waals surface area (Å²) in [6.45, 7) is 7.74. The zero-order valence-corrected chi connectivity index (χ0v) is 15.1. The molecule has 128 valence electrons. The zero-order chi connectivity index (χ0) is 18.0. The van der Waals surface area contributed by atoms with Gasteiger partial charge in [-0.15, -0.1) is 0 Å². The molecule has 0 unspecified atom stereocenters. The highest BCUT2D eigenvalue weighted by molar-refractivity contribution is 7.91. The zero-order valence-electron chi connectivity index (χ0n) is 14.3. The van der Waals surface area contributed by atoms with Gasteiger partial charge in [0.25, 0.3) is 5.91 Å². The summed E-state index contributed by atoms with van der Waals surface area (Å²) in [6, 6.07) is 11.4. The van der Waals surface area contributed by atoms with E-state index in [-0.39, 0.29) is 22.0 Å². The first-order valence-corrected chi connectivity index (χ1v) is 9.40. The van der Waals surface area contributed by atoms with Crippen molar-refractivity contribution in [3.8, 4) is 0 Å². The Kier molecular flexibility index (Phi) is 5.08. The standard InChI is InChI=1S/C18H22N2O3S/c1-5-24(22,23)14-11-9-13(10-12-14)17(21)20-16-8-6-7-15(19-16)18(2,3)4/h6-12H,5H2,1-4H3,(H,19,20,21). The molecule has 0 fully saturated rings. The van der Waals surface area contributed by atoms with E-state index < -0.39 is 9.84 Å². The minimum Gasteiger partial charge on any atom is -0.307 e. The van der Waals surface area contributed by atoms with Crippen molar-refractivity contribution in [1.82, 2.24) is 4.98 Å². The van der Waals surface area contributed by atoms with Gasteiger partial charge in [-0.25, -0.2) is 13.4 Å². The lowest BCUT2D eigenvalue weighted by Gasteiger charge is -2.18. The Bertz CT molecular complexity index is 835. The normalized spacial score (nSPS) is 12.0. The van der Waals surface area contributed by atoms with E-state index in [2.05, 4.69) is 10.3 Å². The highest BCUT2D eigenvalue weighted by Gasteiger charge is 2.17. The molecule has 0 aliphatic carbocycles. The molecule has 0 saturated carbocycles. The maximum absolute atomic E-state index is 12.3. The van der Waals surface area contributed by atoms with Gasteiger partial charge in [-0.05, 0) is 36.4 Å². The number of nitrogens with zero attached hydrogens (tertiary/aromatic N) is 1. The first-order chi connectivity index (χ1) is 11.1. The third-order valence-corrected chi connectivity index (χ3v) is 5.37. The highest BCUT2D eigenvalue weighted by Crippen LogP contribution is 2.21. The van der Waals surface area contributed by atoms with E-state index in [4.69, 9.17) is 0 Å². The van der Waals surface area contributed by atoms with E-state index in [1.54, 1.807) is 13.0 Å². The van der Waals surface area contributed by atoms with Crippen molar-refractivity contribution in [1.29, 1.82) is 0 Å². The van der Waals surface area contributed by atoms with Gasteiger partial charge in [0, 0.05) is 16.7 Å². The average molecular weight is 346 g/mol. The van der Waals surface area contributed by atoms with Crippen molar-refractivity contribution in [3.05, 3.63) is 53.7 Å². The summed E-state index contributed by atoms with van der Waals surface area (Å²) >= 11 is 0. The van der Waals surface area contributed by atoms with Crippen LogP contribution in [0.1, 0.15) is 43.7 Å². The number of carbonyl (C=O) groups is 1. The van der Waals surface area contributed by atoms with Crippen LogP contribution in [0, 0.1) is 0 Å². The number of benzene rings is 1. The number of pyridine rings is 1. The molecule has 2 rings (SSSR count). The van der Waals surface area contributed by atoms with E-state index in [1.807, 2.05) is 32.9 Å². The van der Waals surface area contributed by atoms with Crippen molar-refractivity contribution < 1.29 is 13.2 Å². The smallest absolute Gasteiger partial charge is 0.256 e. The number of rotatable bonds is 4. The molecule has 0 aliphatic rings. The molecule has 1 N–H and O–H groups in total. The number of aromatic nitrogens is 1. The molecule has 1 aromatic heterocycles. The summed E-state index contributed by atoms with van der Waals surface area (Å²) in [4.78, 5) is 17.0. The van der Waals surface area contributed by atoms with Crippen LogP contribution in [-0.2, 0) is 15.3 Å². The van der Waals surface area contributed by atoms with Gasteiger partial charge in [0.05, 0.1) is 10.6 Å². The third-order valence-electron chi connectivity index (χ3n) is 3.61. The van der Waals surface area contributed by atoms with Gasteiger partial charge in [-0.1, -0.05) is 33.8 Å². The highest BCUT2D eigenvalue weighted by atomic mass is 32.2. The molecular formula is C18H22N2O3S. The second kappa shape index (κ2) is 6.73. The van der Waals surface area contributed by atoms with Gasteiger partial charge in [0.1, 0.15) is 5.82 Å². The number of hydrogen-bond donors (Lipinski definition) is 1. The first-order valence-electron chi connectivity index (χ1n) is 7.75. The fraction of sp³-hybridized carbons (Fsp3) is 0.333. The van der Waals surface area contributed by atoms with Crippen LogP contribution >= 0.6 is 0 Å². The molecule has 0 spiro atoms. The van der Waals surface area contributed by atoms with Gasteiger partial charge >= 0.3 is 0 Å². The van der Waals surface area contributed by atoms with E-state index in [0.29, 0.717) is 11.4 Å². The fourth-order valence-electron chi connectivity index (χ4n) is 2.09. The summed E-state index contributed by atoms with van der Waals surface area (Å²) in [5, 5.41) is 2.74. The Hall–Kier alpha value is -2.21. The minimum absolute atomic E-state index is 0.0298. The molecule has 1 amide bonds.